The van der Waals surface area contributed by atoms with Gasteiger partial charge in [-0.15, -0.1) is 0 Å². The van der Waals surface area contributed by atoms with Crippen molar-refractivity contribution in [2.45, 2.75) is 45.1 Å². The van der Waals surface area contributed by atoms with Crippen LogP contribution in [0.15, 0.2) is 21.9 Å². The molecule has 0 aromatic rings. The monoisotopic (exact) mass is 324 g/mol. The molecule has 0 aromatic carbocycles. The Morgan fingerprint density at radius 3 is 2.53 bits per heavy atom. The quantitative estimate of drug-likeness (QED) is 0.642. The SMILES string of the molecule is CC1(C)OC2=C(C=C1Br)C(=O)C(=O)C1CCCCC21. The van der Waals surface area contributed by atoms with Crippen LogP contribution < -0.4 is 0 Å². The van der Waals surface area contributed by atoms with Crippen molar-refractivity contribution < 1.29 is 14.3 Å². The number of rotatable bonds is 0. The second kappa shape index (κ2) is 4.30. The maximum atomic E-state index is 12.2. The van der Waals surface area contributed by atoms with E-state index in [0.717, 1.165) is 35.9 Å². The number of ether oxygens (including phenoxy) is 1. The summed E-state index contributed by atoms with van der Waals surface area (Å²) in [5.74, 6) is 0.113. The lowest BCUT2D eigenvalue weighted by atomic mass is 9.69. The first kappa shape index (κ1) is 13.1. The van der Waals surface area contributed by atoms with Crippen molar-refractivity contribution in [3.63, 3.8) is 0 Å². The van der Waals surface area contributed by atoms with Gasteiger partial charge in [0.15, 0.2) is 0 Å². The third-order valence-electron chi connectivity index (χ3n) is 4.38. The van der Waals surface area contributed by atoms with Gasteiger partial charge in [-0.05, 0) is 32.8 Å². The summed E-state index contributed by atoms with van der Waals surface area (Å²) in [4.78, 5) is 24.4. The van der Waals surface area contributed by atoms with Crippen LogP contribution in [0.4, 0.5) is 0 Å². The van der Waals surface area contributed by atoms with Crippen molar-refractivity contribution in [1.29, 1.82) is 0 Å². The van der Waals surface area contributed by atoms with E-state index in [1.54, 1.807) is 6.08 Å². The zero-order valence-electron chi connectivity index (χ0n) is 11.2. The summed E-state index contributed by atoms with van der Waals surface area (Å²) in [5, 5.41) is 0. The first-order chi connectivity index (χ1) is 8.92. The number of ketones is 2. The van der Waals surface area contributed by atoms with Gasteiger partial charge in [-0.25, -0.2) is 0 Å². The predicted molar refractivity (Wildman–Crippen MR) is 74.7 cm³/mol. The molecule has 0 amide bonds. The molecule has 4 heteroatoms. The van der Waals surface area contributed by atoms with Crippen LogP contribution in [0.3, 0.4) is 0 Å². The lowest BCUT2D eigenvalue weighted by molar-refractivity contribution is -0.140. The molecule has 1 saturated carbocycles. The van der Waals surface area contributed by atoms with Gasteiger partial charge in [0.25, 0.3) is 0 Å². The minimum absolute atomic E-state index is 0.102. The van der Waals surface area contributed by atoms with Crippen molar-refractivity contribution in [2.75, 3.05) is 0 Å². The Morgan fingerprint density at radius 1 is 1.21 bits per heavy atom. The van der Waals surface area contributed by atoms with Gasteiger partial charge in [-0.3, -0.25) is 9.59 Å². The smallest absolute Gasteiger partial charge is 0.232 e. The van der Waals surface area contributed by atoms with Crippen LogP contribution in [0.5, 0.6) is 0 Å². The van der Waals surface area contributed by atoms with Gasteiger partial charge >= 0.3 is 0 Å². The maximum absolute atomic E-state index is 12.2. The van der Waals surface area contributed by atoms with Crippen molar-refractivity contribution in [1.82, 2.24) is 0 Å². The van der Waals surface area contributed by atoms with Gasteiger partial charge in [0, 0.05) is 16.3 Å². The lowest BCUT2D eigenvalue weighted by Crippen LogP contribution is -2.43. The van der Waals surface area contributed by atoms with E-state index in [0.29, 0.717) is 5.57 Å². The molecule has 3 aliphatic rings. The highest BCUT2D eigenvalue weighted by atomic mass is 79.9. The van der Waals surface area contributed by atoms with Crippen LogP contribution in [0.1, 0.15) is 39.5 Å². The van der Waals surface area contributed by atoms with Gasteiger partial charge in [0.05, 0.1) is 5.57 Å². The Hall–Kier alpha value is -0.900. The fraction of sp³-hybridized carbons (Fsp3) is 0.600. The summed E-state index contributed by atoms with van der Waals surface area (Å²) >= 11 is 3.45. The molecule has 2 aliphatic carbocycles. The summed E-state index contributed by atoms with van der Waals surface area (Å²) in [6, 6.07) is 0. The fourth-order valence-electron chi connectivity index (χ4n) is 3.26. The number of Topliss-reactive ketones (excluding diaryl/α,β-unsaturated/α-hetero) is 2. The molecule has 0 aromatic heterocycles. The molecule has 0 spiro atoms. The molecule has 2 unspecified atom stereocenters. The maximum Gasteiger partial charge on any atom is 0.232 e. The van der Waals surface area contributed by atoms with Gasteiger partial charge in [-0.1, -0.05) is 28.8 Å². The number of allylic oxidation sites excluding steroid dienone is 3. The van der Waals surface area contributed by atoms with E-state index in [-0.39, 0.29) is 23.4 Å². The Labute approximate surface area is 121 Å². The first-order valence-electron chi connectivity index (χ1n) is 6.81. The number of carbonyl (C=O) groups excluding carboxylic acids is 2. The van der Waals surface area contributed by atoms with Gasteiger partial charge in [-0.2, -0.15) is 0 Å². The molecule has 102 valence electrons. The van der Waals surface area contributed by atoms with Crippen molar-refractivity contribution in [3.8, 4) is 0 Å². The van der Waals surface area contributed by atoms with Gasteiger partial charge in [0.2, 0.25) is 11.6 Å². The van der Waals surface area contributed by atoms with E-state index in [9.17, 15) is 9.59 Å². The van der Waals surface area contributed by atoms with Crippen LogP contribution >= 0.6 is 15.9 Å². The summed E-state index contributed by atoms with van der Waals surface area (Å²) in [6.07, 6.45) is 5.69. The standard InChI is InChI=1S/C15H17BrO3/c1-15(2)11(16)7-10-13(18)12(17)8-5-3-4-6-9(8)14(10)19-15/h7-9H,3-6H2,1-2H3. The summed E-state index contributed by atoms with van der Waals surface area (Å²) in [5.41, 5.74) is 0.0148. The third-order valence-corrected chi connectivity index (χ3v) is 5.57. The van der Waals surface area contributed by atoms with Crippen molar-refractivity contribution >= 4 is 27.5 Å². The van der Waals surface area contributed by atoms with Crippen molar-refractivity contribution in [3.05, 3.63) is 21.9 Å². The van der Waals surface area contributed by atoms with Crippen LogP contribution in [0, 0.1) is 11.8 Å². The van der Waals surface area contributed by atoms with Crippen LogP contribution in [0.2, 0.25) is 0 Å². The molecule has 2 atom stereocenters. The minimum atomic E-state index is -0.457. The number of carbonyl (C=O) groups is 2. The summed E-state index contributed by atoms with van der Waals surface area (Å²) in [7, 11) is 0. The van der Waals surface area contributed by atoms with Crippen LogP contribution in [-0.2, 0) is 14.3 Å². The minimum Gasteiger partial charge on any atom is -0.486 e. The molecule has 3 rings (SSSR count). The molecule has 19 heavy (non-hydrogen) atoms. The number of hydrogen-bond acceptors (Lipinski definition) is 3. The summed E-state index contributed by atoms with van der Waals surface area (Å²) in [6.45, 7) is 3.94. The molecular formula is C15H17BrO3. The third kappa shape index (κ3) is 1.92. The lowest BCUT2D eigenvalue weighted by Gasteiger charge is -2.42. The van der Waals surface area contributed by atoms with E-state index in [2.05, 4.69) is 15.9 Å². The van der Waals surface area contributed by atoms with E-state index < -0.39 is 5.60 Å². The Bertz CT molecular complexity index is 528. The number of halogens is 1. The molecule has 1 aliphatic heterocycles. The van der Waals surface area contributed by atoms with Gasteiger partial charge < -0.3 is 4.74 Å². The first-order valence-corrected chi connectivity index (χ1v) is 7.60. The zero-order valence-corrected chi connectivity index (χ0v) is 12.7. The van der Waals surface area contributed by atoms with Crippen molar-refractivity contribution in [2.24, 2.45) is 11.8 Å². The topological polar surface area (TPSA) is 43.4 Å². The average Bonchev–Trinajstić information content (AvgIpc) is 2.38. The van der Waals surface area contributed by atoms with E-state index in [4.69, 9.17) is 4.74 Å². The van der Waals surface area contributed by atoms with Crippen LogP contribution in [-0.4, -0.2) is 17.2 Å². The molecule has 0 N–H and O–H groups in total. The molecule has 3 nitrogen and oxygen atoms in total. The largest absolute Gasteiger partial charge is 0.486 e. The molecule has 0 radical (unpaired) electrons. The predicted octanol–water partition coefficient (Wildman–Crippen LogP) is 3.29. The Morgan fingerprint density at radius 2 is 1.84 bits per heavy atom. The van der Waals surface area contributed by atoms with E-state index in [1.807, 2.05) is 13.8 Å². The normalized spacial score (nSPS) is 33.3. The number of fused-ring (bicyclic) bond motifs is 2. The average molecular weight is 325 g/mol. The highest BCUT2D eigenvalue weighted by Gasteiger charge is 2.47. The van der Waals surface area contributed by atoms with Crippen LogP contribution in [0.25, 0.3) is 0 Å². The number of hydrogen-bond donors (Lipinski definition) is 0. The molecule has 0 bridgehead atoms. The Balaban J connectivity index is 2.10. The zero-order chi connectivity index (χ0) is 13.8. The van der Waals surface area contributed by atoms with Gasteiger partial charge in [0.1, 0.15) is 11.4 Å². The highest BCUT2D eigenvalue weighted by molar-refractivity contribution is 9.11. The fourth-order valence-corrected chi connectivity index (χ4v) is 3.57. The highest BCUT2D eigenvalue weighted by Crippen LogP contribution is 2.47. The summed E-state index contributed by atoms with van der Waals surface area (Å²) < 4.78 is 6.88. The second-order valence-electron chi connectivity index (χ2n) is 6.07. The second-order valence-corrected chi connectivity index (χ2v) is 6.93. The molecular weight excluding hydrogens is 308 g/mol. The van der Waals surface area contributed by atoms with E-state index in [1.165, 1.54) is 0 Å². The molecule has 1 heterocycles. The Kier molecular flexibility index (Phi) is 2.97. The molecule has 1 fully saturated rings. The van der Waals surface area contributed by atoms with E-state index >= 15 is 0 Å². The molecule has 0 saturated heterocycles.